The number of hydrogen-bond donors (Lipinski definition) is 4. The van der Waals surface area contributed by atoms with E-state index in [1.807, 2.05) is 4.90 Å². The number of carbonyl (C=O) groups excluding carboxylic acids is 6. The summed E-state index contributed by atoms with van der Waals surface area (Å²) in [7, 11) is 1.47. The maximum absolute atomic E-state index is 13.7. The van der Waals surface area contributed by atoms with Gasteiger partial charge >= 0.3 is 0 Å². The van der Waals surface area contributed by atoms with Gasteiger partial charge in [-0.25, -0.2) is 4.98 Å². The molecule has 6 heterocycles. The van der Waals surface area contributed by atoms with Crippen LogP contribution in [0, 0.1) is 22.7 Å². The molecule has 0 spiro atoms. The number of amides is 6. The third-order valence-electron chi connectivity index (χ3n) is 12.5. The first-order valence-corrected chi connectivity index (χ1v) is 22.3. The van der Waals surface area contributed by atoms with Gasteiger partial charge in [0.1, 0.15) is 24.0 Å². The summed E-state index contributed by atoms with van der Waals surface area (Å²) in [5.74, 6) is -1.98. The number of nitrogen functional groups attached to an aromatic ring is 1. The molecule has 21 heteroatoms. The van der Waals surface area contributed by atoms with Gasteiger partial charge in [-0.2, -0.15) is 5.26 Å². The van der Waals surface area contributed by atoms with Crippen LogP contribution < -0.4 is 30.7 Å². The number of aromatic nitrogens is 2. The molecule has 5 N–H and O–H groups in total. The molecule has 3 saturated heterocycles. The molecule has 2 atom stereocenters. The third kappa shape index (κ3) is 9.14. The van der Waals surface area contributed by atoms with Gasteiger partial charge in [0.2, 0.25) is 23.6 Å². The van der Waals surface area contributed by atoms with Crippen molar-refractivity contribution in [1.82, 2.24) is 30.0 Å². The molecule has 4 aromatic rings. The molecule has 2 aromatic carbocycles. The number of halogens is 2. The number of likely N-dealkylation sites (tertiary alicyclic amines) is 1. The van der Waals surface area contributed by atoms with Crippen molar-refractivity contribution in [1.29, 1.82) is 10.7 Å². The van der Waals surface area contributed by atoms with E-state index < -0.39 is 35.8 Å². The first-order valence-electron chi connectivity index (χ1n) is 21.5. The van der Waals surface area contributed by atoms with Gasteiger partial charge in [0, 0.05) is 104 Å². The van der Waals surface area contributed by atoms with E-state index in [-0.39, 0.29) is 76.6 Å². The first-order chi connectivity index (χ1) is 32.2. The van der Waals surface area contributed by atoms with Crippen LogP contribution in [0.3, 0.4) is 0 Å². The number of carbonyl (C=O) groups is 6. The topological polar surface area (TPSA) is 257 Å². The summed E-state index contributed by atoms with van der Waals surface area (Å²) in [6, 6.07) is 10.5. The lowest BCUT2D eigenvalue weighted by Gasteiger charge is -2.39. The molecule has 4 aliphatic rings. The predicted molar refractivity (Wildman–Crippen MR) is 245 cm³/mol. The molecule has 19 nitrogen and oxygen atoms in total. The number of nitrogens with one attached hydrogen (secondary N) is 3. The summed E-state index contributed by atoms with van der Waals surface area (Å²) in [5.41, 5.74) is 8.53. The zero-order chi connectivity index (χ0) is 47.7. The Labute approximate surface area is 394 Å². The van der Waals surface area contributed by atoms with Gasteiger partial charge in [-0.05, 0) is 50.5 Å². The second-order valence-electron chi connectivity index (χ2n) is 16.4. The van der Waals surface area contributed by atoms with Gasteiger partial charge < -0.3 is 35.2 Å². The minimum atomic E-state index is -1.11. The van der Waals surface area contributed by atoms with Crippen molar-refractivity contribution in [3.05, 3.63) is 98.4 Å². The molecule has 2 aromatic heterocycles. The van der Waals surface area contributed by atoms with Gasteiger partial charge in [-0.3, -0.25) is 49.4 Å². The third-order valence-corrected chi connectivity index (χ3v) is 13.1. The molecule has 0 bridgehead atoms. The fourth-order valence-electron chi connectivity index (χ4n) is 8.90. The van der Waals surface area contributed by atoms with Gasteiger partial charge in [0.15, 0.2) is 11.5 Å². The van der Waals surface area contributed by atoms with Crippen LogP contribution in [0.15, 0.2) is 55.0 Å². The van der Waals surface area contributed by atoms with Crippen molar-refractivity contribution in [2.75, 3.05) is 68.9 Å². The van der Waals surface area contributed by atoms with Gasteiger partial charge in [0.25, 0.3) is 11.8 Å². The maximum Gasteiger partial charge on any atom is 0.264 e. The van der Waals surface area contributed by atoms with E-state index in [2.05, 4.69) is 26.7 Å². The highest BCUT2D eigenvalue weighted by atomic mass is 35.5. The van der Waals surface area contributed by atoms with E-state index in [0.29, 0.717) is 90.4 Å². The van der Waals surface area contributed by atoms with E-state index in [1.165, 1.54) is 31.8 Å². The number of rotatable bonds is 12. The first kappa shape index (κ1) is 46.2. The smallest absolute Gasteiger partial charge is 0.264 e. The normalized spacial score (nSPS) is 18.0. The second kappa shape index (κ2) is 19.3. The SMILES string of the molecule is COc1cc(N)c(C(=N)c2cnc(N3CCN(C(=O)C4CCN(C(=O)CNc5cccc6c5C(=O)N(C5CCC(=O)NC5=O)C6=O)CC4)CC3)c(C#N)c2)cc1O[C@H](C)c1c(Cl)cncc1Cl. The highest BCUT2D eigenvalue weighted by Crippen LogP contribution is 2.39. The second-order valence-corrected chi connectivity index (χ2v) is 17.3. The van der Waals surface area contributed by atoms with E-state index in [9.17, 15) is 34.0 Å². The van der Waals surface area contributed by atoms with Crippen LogP contribution in [-0.4, -0.2) is 125 Å². The van der Waals surface area contributed by atoms with Gasteiger partial charge in [0.05, 0.1) is 46.1 Å². The molecule has 0 aliphatic carbocycles. The quantitative estimate of drug-likeness (QED) is 0.0882. The standard InChI is InChI=1S/C46H45Cl2N11O8/c1-24(39-30(47)21-52-22-31(39)48)67-36-17-29(32(50)18-35(36)66-2)41(51)27-16-26(19-49)42(54-20-27)57-12-14-58(15-13-57)44(63)25-8-10-56(11-9-25)38(61)23-53-33-5-3-4-28-40(33)46(65)59(45(28)64)34-6-7-37(60)55-43(34)62/h3-5,16-18,20-22,24-25,34,51,53H,6-15,23,50H2,1-2H3,(H,55,60,62)/t24-,34?/m1/s1. The number of methoxy groups -OCH3 is 1. The average molecular weight is 951 g/mol. The van der Waals surface area contributed by atoms with Gasteiger partial charge in [-0.1, -0.05) is 29.3 Å². The molecule has 0 saturated carbocycles. The Morgan fingerprint density at radius 3 is 2.36 bits per heavy atom. The van der Waals surface area contributed by atoms with Crippen molar-refractivity contribution in [3.8, 4) is 17.6 Å². The van der Waals surface area contributed by atoms with Crippen LogP contribution in [0.4, 0.5) is 17.2 Å². The average Bonchev–Trinajstić information content (AvgIpc) is 3.58. The Morgan fingerprint density at radius 1 is 0.970 bits per heavy atom. The number of ether oxygens (including phenoxy) is 2. The molecular formula is C46H45Cl2N11O8. The zero-order valence-electron chi connectivity index (χ0n) is 36.4. The summed E-state index contributed by atoms with van der Waals surface area (Å²) >= 11 is 12.7. The number of anilines is 3. The number of hydrogen-bond acceptors (Lipinski definition) is 15. The van der Waals surface area contributed by atoms with Crippen molar-refractivity contribution in [2.24, 2.45) is 5.92 Å². The molecule has 1 unspecified atom stereocenters. The van der Waals surface area contributed by atoms with Crippen molar-refractivity contribution < 1.29 is 38.2 Å². The van der Waals surface area contributed by atoms with Crippen LogP contribution in [0.1, 0.15) is 81.7 Å². The Bertz CT molecular complexity index is 2750. The lowest BCUT2D eigenvalue weighted by Crippen LogP contribution is -2.54. The number of piperazine rings is 1. The highest BCUT2D eigenvalue weighted by molar-refractivity contribution is 6.35. The molecule has 8 rings (SSSR count). The van der Waals surface area contributed by atoms with Gasteiger partial charge in [-0.15, -0.1) is 0 Å². The zero-order valence-corrected chi connectivity index (χ0v) is 37.9. The summed E-state index contributed by atoms with van der Waals surface area (Å²) in [4.78, 5) is 92.7. The number of nitrogens with zero attached hydrogens (tertiary/aromatic N) is 7. The lowest BCUT2D eigenvalue weighted by molar-refractivity contribution is -0.140. The Morgan fingerprint density at radius 2 is 1.69 bits per heavy atom. The number of fused-ring (bicyclic) bond motifs is 1. The molecule has 346 valence electrons. The fourth-order valence-corrected chi connectivity index (χ4v) is 9.58. The minimum Gasteiger partial charge on any atom is -0.493 e. The Balaban J connectivity index is 0.840. The molecule has 6 amide bonds. The summed E-state index contributed by atoms with van der Waals surface area (Å²) in [6.45, 7) is 3.95. The molecular weight excluding hydrogens is 905 g/mol. The van der Waals surface area contributed by atoms with Crippen LogP contribution in [-0.2, 0) is 19.2 Å². The lowest BCUT2D eigenvalue weighted by atomic mass is 9.95. The Hall–Kier alpha value is -7.30. The maximum atomic E-state index is 13.7. The van der Waals surface area contributed by atoms with Crippen molar-refractivity contribution in [2.45, 2.75) is 44.8 Å². The minimum absolute atomic E-state index is 0.00114. The number of pyridine rings is 2. The monoisotopic (exact) mass is 949 g/mol. The predicted octanol–water partition coefficient (Wildman–Crippen LogP) is 4.20. The fraction of sp³-hybridized carbons (Fsp3) is 0.348. The van der Waals surface area contributed by atoms with Crippen LogP contribution >= 0.6 is 23.2 Å². The Kier molecular flexibility index (Phi) is 13.3. The highest BCUT2D eigenvalue weighted by Gasteiger charge is 2.46. The van der Waals surface area contributed by atoms with E-state index in [0.717, 1.165) is 4.90 Å². The molecule has 0 radical (unpaired) electrons. The van der Waals surface area contributed by atoms with Crippen LogP contribution in [0.25, 0.3) is 0 Å². The molecule has 3 fully saturated rings. The largest absolute Gasteiger partial charge is 0.493 e. The van der Waals surface area contributed by atoms with Crippen molar-refractivity contribution >= 4 is 81.5 Å². The summed E-state index contributed by atoms with van der Waals surface area (Å²) in [5, 5.41) is 25.1. The van der Waals surface area contributed by atoms with E-state index in [1.54, 1.807) is 47.1 Å². The number of nitrogens with two attached hydrogens (primary N) is 1. The van der Waals surface area contributed by atoms with E-state index in [4.69, 9.17) is 43.8 Å². The summed E-state index contributed by atoms with van der Waals surface area (Å²) < 4.78 is 11.7. The number of imide groups is 2. The van der Waals surface area contributed by atoms with Crippen molar-refractivity contribution in [3.63, 3.8) is 0 Å². The van der Waals surface area contributed by atoms with Crippen LogP contribution in [0.5, 0.6) is 11.5 Å². The van der Waals surface area contributed by atoms with Crippen LogP contribution in [0.2, 0.25) is 10.0 Å². The number of benzene rings is 2. The number of nitriles is 1. The molecule has 67 heavy (non-hydrogen) atoms. The molecule has 4 aliphatic heterocycles. The summed E-state index contributed by atoms with van der Waals surface area (Å²) in [6.07, 6.45) is 4.77. The number of piperidine rings is 2. The van der Waals surface area contributed by atoms with E-state index >= 15 is 0 Å².